The maximum absolute atomic E-state index is 6.17. The van der Waals surface area contributed by atoms with Gasteiger partial charge in [-0.05, 0) is 43.1 Å². The zero-order valence-electron chi connectivity index (χ0n) is 11.6. The molecule has 0 amide bonds. The Morgan fingerprint density at radius 1 is 1.48 bits per heavy atom. The van der Waals surface area contributed by atoms with Crippen molar-refractivity contribution >= 4 is 40.7 Å². The van der Waals surface area contributed by atoms with Crippen molar-refractivity contribution in [3.63, 3.8) is 0 Å². The van der Waals surface area contributed by atoms with Gasteiger partial charge in [0.2, 0.25) is 0 Å². The van der Waals surface area contributed by atoms with E-state index in [0.29, 0.717) is 22.5 Å². The summed E-state index contributed by atoms with van der Waals surface area (Å²) in [6, 6.07) is 5.29. The van der Waals surface area contributed by atoms with Crippen LogP contribution in [0.4, 0.5) is 0 Å². The summed E-state index contributed by atoms with van der Waals surface area (Å²) in [4.78, 5) is 5.28. The van der Waals surface area contributed by atoms with Gasteiger partial charge in [-0.2, -0.15) is 0 Å². The highest BCUT2D eigenvalue weighted by atomic mass is 35.5. The fourth-order valence-corrected chi connectivity index (χ4v) is 2.88. The Labute approximate surface area is 137 Å². The quantitative estimate of drug-likeness (QED) is 0.659. The highest BCUT2D eigenvalue weighted by molar-refractivity contribution is 7.05. The van der Waals surface area contributed by atoms with Crippen molar-refractivity contribution in [1.29, 1.82) is 0 Å². The summed E-state index contributed by atoms with van der Waals surface area (Å²) >= 11 is 13.4. The average Bonchev–Trinajstić information content (AvgIpc) is 2.81. The smallest absolute Gasteiger partial charge is 0.189 e. The minimum Gasteiger partial charge on any atom is -0.370 e. The predicted molar refractivity (Wildman–Crippen MR) is 88.0 cm³/mol. The van der Waals surface area contributed by atoms with Gasteiger partial charge in [0.25, 0.3) is 0 Å². The number of guanidine groups is 1. The van der Waals surface area contributed by atoms with Crippen molar-refractivity contribution in [1.82, 2.24) is 14.9 Å². The van der Waals surface area contributed by atoms with Gasteiger partial charge in [0.05, 0.1) is 23.2 Å². The van der Waals surface area contributed by atoms with Crippen LogP contribution in [0.2, 0.25) is 10.0 Å². The molecule has 0 aliphatic rings. The third kappa shape index (κ3) is 4.30. The largest absolute Gasteiger partial charge is 0.370 e. The molecule has 8 heteroatoms. The van der Waals surface area contributed by atoms with Crippen molar-refractivity contribution < 1.29 is 0 Å². The number of aryl methyl sites for hydroxylation is 1. The Morgan fingerprint density at radius 2 is 2.24 bits per heavy atom. The van der Waals surface area contributed by atoms with Crippen molar-refractivity contribution in [2.75, 3.05) is 0 Å². The number of nitrogens with zero attached hydrogens (tertiary/aromatic N) is 3. The molecule has 2 aromatic rings. The number of aliphatic imine (C=N–C) groups is 1. The molecule has 21 heavy (non-hydrogen) atoms. The lowest BCUT2D eigenvalue weighted by atomic mass is 10.1. The third-order valence-corrected chi connectivity index (χ3v) is 4.30. The number of hydrogen-bond acceptors (Lipinski definition) is 4. The van der Waals surface area contributed by atoms with Crippen molar-refractivity contribution in [2.24, 2.45) is 10.7 Å². The highest BCUT2D eigenvalue weighted by Gasteiger charge is 2.11. The Kier molecular flexibility index (Phi) is 5.39. The monoisotopic (exact) mass is 343 g/mol. The van der Waals surface area contributed by atoms with Gasteiger partial charge in [-0.25, -0.2) is 4.99 Å². The van der Waals surface area contributed by atoms with Crippen molar-refractivity contribution in [2.45, 2.75) is 26.4 Å². The van der Waals surface area contributed by atoms with Gasteiger partial charge in [0, 0.05) is 10.0 Å². The molecule has 1 atom stereocenters. The Hall–Kier alpha value is -1.37. The molecule has 0 aliphatic carbocycles. The Bertz CT molecular complexity index is 656. The van der Waals surface area contributed by atoms with E-state index < -0.39 is 0 Å². The molecule has 0 aliphatic heterocycles. The van der Waals surface area contributed by atoms with E-state index in [-0.39, 0.29) is 6.04 Å². The Balaban J connectivity index is 2.01. The van der Waals surface area contributed by atoms with Crippen molar-refractivity contribution in [3.05, 3.63) is 44.4 Å². The first-order valence-corrected chi connectivity index (χ1v) is 7.79. The first-order chi connectivity index (χ1) is 9.97. The molecule has 0 saturated carbocycles. The number of nitrogens with two attached hydrogens (primary N) is 1. The highest BCUT2D eigenvalue weighted by Crippen LogP contribution is 2.25. The fraction of sp³-hybridized carbons (Fsp3) is 0.308. The van der Waals surface area contributed by atoms with Crippen LogP contribution in [0.1, 0.15) is 29.1 Å². The minimum absolute atomic E-state index is 0.0702. The summed E-state index contributed by atoms with van der Waals surface area (Å²) < 4.78 is 3.86. The molecule has 0 bridgehead atoms. The molecule has 0 spiro atoms. The van der Waals surface area contributed by atoms with E-state index in [0.717, 1.165) is 16.1 Å². The maximum Gasteiger partial charge on any atom is 0.189 e. The molecular weight excluding hydrogens is 329 g/mol. The molecule has 1 aromatic carbocycles. The second-order valence-corrected chi connectivity index (χ2v) is 6.20. The summed E-state index contributed by atoms with van der Waals surface area (Å²) in [6.45, 7) is 4.31. The van der Waals surface area contributed by atoms with E-state index in [4.69, 9.17) is 28.9 Å². The van der Waals surface area contributed by atoms with Gasteiger partial charge in [0.1, 0.15) is 0 Å². The lowest BCUT2D eigenvalue weighted by molar-refractivity contribution is 0.708. The van der Waals surface area contributed by atoms with Gasteiger partial charge in [-0.15, -0.1) is 5.10 Å². The molecule has 0 saturated heterocycles. The van der Waals surface area contributed by atoms with Crippen LogP contribution in [0, 0.1) is 6.92 Å². The van der Waals surface area contributed by atoms with Gasteiger partial charge in [-0.3, -0.25) is 0 Å². The van der Waals surface area contributed by atoms with E-state index in [1.54, 1.807) is 12.1 Å². The predicted octanol–water partition coefficient (Wildman–Crippen LogP) is 3.32. The minimum atomic E-state index is -0.0702. The lowest BCUT2D eigenvalue weighted by Gasteiger charge is -2.16. The first kappa shape index (κ1) is 16.0. The van der Waals surface area contributed by atoms with Gasteiger partial charge >= 0.3 is 0 Å². The van der Waals surface area contributed by atoms with Crippen LogP contribution < -0.4 is 11.1 Å². The van der Waals surface area contributed by atoms with Crippen LogP contribution in [0.3, 0.4) is 0 Å². The van der Waals surface area contributed by atoms with Crippen LogP contribution in [0.25, 0.3) is 0 Å². The summed E-state index contributed by atoms with van der Waals surface area (Å²) in [6.07, 6.45) is 0. The van der Waals surface area contributed by atoms with E-state index in [1.807, 2.05) is 19.9 Å². The molecule has 3 N–H and O–H groups in total. The van der Waals surface area contributed by atoms with Crippen LogP contribution in [-0.2, 0) is 6.54 Å². The summed E-state index contributed by atoms with van der Waals surface area (Å²) in [5.41, 5.74) is 7.68. The van der Waals surface area contributed by atoms with E-state index in [9.17, 15) is 0 Å². The average molecular weight is 344 g/mol. The number of aromatic nitrogens is 2. The second-order valence-electron chi connectivity index (χ2n) is 4.51. The van der Waals surface area contributed by atoms with Crippen LogP contribution >= 0.6 is 34.7 Å². The fourth-order valence-electron chi connectivity index (χ4n) is 1.75. The third-order valence-electron chi connectivity index (χ3n) is 2.93. The molecule has 1 unspecified atom stereocenters. The zero-order valence-corrected chi connectivity index (χ0v) is 13.9. The lowest BCUT2D eigenvalue weighted by Crippen LogP contribution is -2.33. The first-order valence-electron chi connectivity index (χ1n) is 6.26. The number of halogens is 2. The van der Waals surface area contributed by atoms with Crippen LogP contribution in [0.15, 0.2) is 23.2 Å². The molecule has 0 fully saturated rings. The van der Waals surface area contributed by atoms with E-state index in [2.05, 4.69) is 19.9 Å². The van der Waals surface area contributed by atoms with Gasteiger partial charge in [0.15, 0.2) is 5.96 Å². The molecule has 0 radical (unpaired) electrons. The van der Waals surface area contributed by atoms with E-state index >= 15 is 0 Å². The SMILES string of the molecule is Cc1nnsc1CN=C(N)NC(C)c1ccc(Cl)cc1Cl. The number of benzene rings is 1. The summed E-state index contributed by atoms with van der Waals surface area (Å²) in [5.74, 6) is 0.348. The molecule has 1 heterocycles. The number of nitrogens with one attached hydrogen (secondary N) is 1. The normalized spacial score (nSPS) is 13.2. The summed E-state index contributed by atoms with van der Waals surface area (Å²) in [5, 5.41) is 8.23. The molecule has 5 nitrogen and oxygen atoms in total. The summed E-state index contributed by atoms with van der Waals surface area (Å²) in [7, 11) is 0. The number of hydrogen-bond donors (Lipinski definition) is 2. The van der Waals surface area contributed by atoms with Crippen molar-refractivity contribution in [3.8, 4) is 0 Å². The zero-order chi connectivity index (χ0) is 15.4. The molecule has 112 valence electrons. The molecule has 2 rings (SSSR count). The maximum atomic E-state index is 6.17. The van der Waals surface area contributed by atoms with Gasteiger partial charge in [-0.1, -0.05) is 33.8 Å². The Morgan fingerprint density at radius 3 is 2.86 bits per heavy atom. The van der Waals surface area contributed by atoms with Crippen LogP contribution in [0.5, 0.6) is 0 Å². The topological polar surface area (TPSA) is 76.2 Å². The standard InChI is InChI=1S/C13H15Cl2N5S/c1-7(10-4-3-9(14)5-11(10)15)18-13(16)17-6-12-8(2)19-20-21-12/h3-5,7H,6H2,1-2H3,(H3,16,17,18). The van der Waals surface area contributed by atoms with Gasteiger partial charge < -0.3 is 11.1 Å². The molecular formula is C13H15Cl2N5S. The second kappa shape index (κ2) is 7.06. The van der Waals surface area contributed by atoms with E-state index in [1.165, 1.54) is 11.5 Å². The number of rotatable bonds is 4. The molecule has 1 aromatic heterocycles. The van der Waals surface area contributed by atoms with Crippen LogP contribution in [-0.4, -0.2) is 15.5 Å².